The summed E-state index contributed by atoms with van der Waals surface area (Å²) >= 11 is 0. The average Bonchev–Trinajstić information content (AvgIpc) is 2.45. The predicted molar refractivity (Wildman–Crippen MR) is 87.9 cm³/mol. The lowest BCUT2D eigenvalue weighted by molar-refractivity contribution is -0.0448. The Kier molecular flexibility index (Phi) is 9.01. The fourth-order valence-corrected chi connectivity index (χ4v) is 2.90. The number of rotatable bonds is 11. The molecule has 0 saturated carbocycles. The van der Waals surface area contributed by atoms with Gasteiger partial charge in [0.25, 0.3) is 0 Å². The molecule has 2 heteroatoms. The van der Waals surface area contributed by atoms with Gasteiger partial charge in [-0.2, -0.15) is 0 Å². The summed E-state index contributed by atoms with van der Waals surface area (Å²) in [4.78, 5) is 0. The lowest BCUT2D eigenvalue weighted by Crippen LogP contribution is -2.36. The van der Waals surface area contributed by atoms with E-state index in [1.165, 1.54) is 0 Å². The van der Waals surface area contributed by atoms with Crippen molar-refractivity contribution < 1.29 is 10.2 Å². The van der Waals surface area contributed by atoms with E-state index < -0.39 is 11.2 Å². The first-order valence-electron chi connectivity index (χ1n) is 8.68. The molecule has 0 aromatic rings. The van der Waals surface area contributed by atoms with Gasteiger partial charge in [-0.15, -0.1) is 0 Å². The summed E-state index contributed by atoms with van der Waals surface area (Å²) < 4.78 is 0. The Morgan fingerprint density at radius 1 is 0.700 bits per heavy atom. The number of hydrogen-bond donors (Lipinski definition) is 2. The molecule has 0 aliphatic heterocycles. The van der Waals surface area contributed by atoms with Crippen molar-refractivity contribution in [1.29, 1.82) is 0 Å². The van der Waals surface area contributed by atoms with E-state index in [1.807, 2.05) is 0 Å². The van der Waals surface area contributed by atoms with Gasteiger partial charge in [-0.25, -0.2) is 0 Å². The summed E-state index contributed by atoms with van der Waals surface area (Å²) in [6.45, 7) is 12.9. The van der Waals surface area contributed by atoms with Crippen molar-refractivity contribution in [1.82, 2.24) is 0 Å². The summed E-state index contributed by atoms with van der Waals surface area (Å²) in [6.07, 6.45) is 6.90. The third kappa shape index (κ3) is 7.08. The van der Waals surface area contributed by atoms with Gasteiger partial charge in [0, 0.05) is 0 Å². The van der Waals surface area contributed by atoms with Crippen LogP contribution in [0, 0.1) is 11.8 Å². The van der Waals surface area contributed by atoms with E-state index >= 15 is 0 Å². The highest BCUT2D eigenvalue weighted by molar-refractivity contribution is 4.86. The van der Waals surface area contributed by atoms with E-state index in [0.717, 1.165) is 38.5 Å². The highest BCUT2D eigenvalue weighted by Crippen LogP contribution is 2.34. The van der Waals surface area contributed by atoms with Crippen LogP contribution in [0.4, 0.5) is 0 Å². The van der Waals surface area contributed by atoms with E-state index in [0.29, 0.717) is 24.7 Å². The second-order valence-electron chi connectivity index (χ2n) is 7.09. The van der Waals surface area contributed by atoms with E-state index in [9.17, 15) is 10.2 Å². The Bertz CT molecular complexity index is 228. The molecule has 0 aromatic carbocycles. The summed E-state index contributed by atoms with van der Waals surface area (Å²) in [5, 5.41) is 21.5. The second kappa shape index (κ2) is 9.04. The fourth-order valence-electron chi connectivity index (χ4n) is 2.90. The van der Waals surface area contributed by atoms with Crippen LogP contribution >= 0.6 is 0 Å². The highest BCUT2D eigenvalue weighted by Gasteiger charge is 2.33. The van der Waals surface area contributed by atoms with Gasteiger partial charge in [0.1, 0.15) is 0 Å². The van der Waals surface area contributed by atoms with Crippen molar-refractivity contribution in [2.75, 3.05) is 0 Å². The molecule has 0 heterocycles. The van der Waals surface area contributed by atoms with Crippen molar-refractivity contribution in [2.24, 2.45) is 11.8 Å². The minimum atomic E-state index is -0.603. The van der Waals surface area contributed by atoms with Crippen molar-refractivity contribution in [2.45, 2.75) is 104 Å². The van der Waals surface area contributed by atoms with Gasteiger partial charge in [-0.05, 0) is 50.4 Å². The summed E-state index contributed by atoms with van der Waals surface area (Å²) in [6, 6.07) is 0. The molecule has 0 aliphatic carbocycles. The van der Waals surface area contributed by atoms with Gasteiger partial charge in [-0.1, -0.05) is 54.4 Å². The van der Waals surface area contributed by atoms with E-state index in [2.05, 4.69) is 41.5 Å². The van der Waals surface area contributed by atoms with Crippen LogP contribution < -0.4 is 0 Å². The minimum Gasteiger partial charge on any atom is -0.390 e. The first-order chi connectivity index (χ1) is 9.24. The first-order valence-corrected chi connectivity index (χ1v) is 8.68. The molecule has 122 valence electrons. The van der Waals surface area contributed by atoms with Gasteiger partial charge in [0.15, 0.2) is 0 Å². The molecule has 0 spiro atoms. The SMILES string of the molecule is CCC(C)CC(O)(CC)CCC(O)(CC)CC(C)CC. The zero-order valence-electron chi connectivity index (χ0n) is 14.7. The smallest absolute Gasteiger partial charge is 0.0648 e. The quantitative estimate of drug-likeness (QED) is 0.566. The zero-order chi connectivity index (χ0) is 15.8. The maximum Gasteiger partial charge on any atom is 0.0648 e. The normalized spacial score (nSPS) is 21.0. The lowest BCUT2D eigenvalue weighted by Gasteiger charge is -2.35. The molecule has 2 N–H and O–H groups in total. The van der Waals surface area contributed by atoms with Crippen molar-refractivity contribution >= 4 is 0 Å². The summed E-state index contributed by atoms with van der Waals surface area (Å²) in [5.74, 6) is 1.09. The molecule has 0 aliphatic rings. The highest BCUT2D eigenvalue weighted by atomic mass is 16.3. The zero-order valence-corrected chi connectivity index (χ0v) is 14.7. The second-order valence-corrected chi connectivity index (χ2v) is 7.09. The third-order valence-electron chi connectivity index (χ3n) is 5.22. The Balaban J connectivity index is 4.57. The molecular weight excluding hydrogens is 248 g/mol. The van der Waals surface area contributed by atoms with Crippen LogP contribution in [0.5, 0.6) is 0 Å². The molecule has 0 radical (unpaired) electrons. The van der Waals surface area contributed by atoms with Crippen LogP contribution in [0.15, 0.2) is 0 Å². The Morgan fingerprint density at radius 3 is 1.20 bits per heavy atom. The maximum absolute atomic E-state index is 10.8. The van der Waals surface area contributed by atoms with E-state index in [1.54, 1.807) is 0 Å². The molecule has 0 bridgehead atoms. The van der Waals surface area contributed by atoms with Crippen LogP contribution in [0.2, 0.25) is 0 Å². The molecular formula is C18H38O2. The molecule has 0 amide bonds. The first kappa shape index (κ1) is 19.9. The molecule has 4 atom stereocenters. The number of hydrogen-bond acceptors (Lipinski definition) is 2. The van der Waals surface area contributed by atoms with Gasteiger partial charge in [-0.3, -0.25) is 0 Å². The average molecular weight is 286 g/mol. The maximum atomic E-state index is 10.8. The van der Waals surface area contributed by atoms with Gasteiger partial charge in [0.05, 0.1) is 11.2 Å². The van der Waals surface area contributed by atoms with Crippen molar-refractivity contribution in [3.8, 4) is 0 Å². The van der Waals surface area contributed by atoms with Crippen LogP contribution in [-0.2, 0) is 0 Å². The topological polar surface area (TPSA) is 40.5 Å². The standard InChI is InChI=1S/C18H38O2/c1-7-15(5)13-17(19,9-3)11-12-18(20,10-4)14-16(6)8-2/h15-16,19-20H,7-14H2,1-6H3. The molecule has 2 nitrogen and oxygen atoms in total. The summed E-state index contributed by atoms with van der Waals surface area (Å²) in [7, 11) is 0. The molecule has 0 saturated heterocycles. The molecule has 0 rings (SSSR count). The van der Waals surface area contributed by atoms with Crippen molar-refractivity contribution in [3.63, 3.8) is 0 Å². The van der Waals surface area contributed by atoms with Gasteiger partial charge >= 0.3 is 0 Å². The van der Waals surface area contributed by atoms with Crippen LogP contribution in [0.1, 0.15) is 92.9 Å². The summed E-state index contributed by atoms with van der Waals surface area (Å²) in [5.41, 5.74) is -1.21. The van der Waals surface area contributed by atoms with Crippen LogP contribution in [0.25, 0.3) is 0 Å². The molecule has 20 heavy (non-hydrogen) atoms. The van der Waals surface area contributed by atoms with Gasteiger partial charge in [0.2, 0.25) is 0 Å². The Morgan fingerprint density at radius 2 is 1.00 bits per heavy atom. The van der Waals surface area contributed by atoms with Crippen LogP contribution in [0.3, 0.4) is 0 Å². The largest absolute Gasteiger partial charge is 0.390 e. The van der Waals surface area contributed by atoms with Gasteiger partial charge < -0.3 is 10.2 Å². The Labute approximate surface area is 127 Å². The minimum absolute atomic E-state index is 0.546. The van der Waals surface area contributed by atoms with Crippen molar-refractivity contribution in [3.05, 3.63) is 0 Å². The predicted octanol–water partition coefficient (Wildman–Crippen LogP) is 4.92. The molecule has 4 unspecified atom stereocenters. The Hall–Kier alpha value is -0.0800. The molecule has 0 aromatic heterocycles. The van der Waals surface area contributed by atoms with E-state index in [-0.39, 0.29) is 0 Å². The lowest BCUT2D eigenvalue weighted by atomic mass is 9.78. The fraction of sp³-hybridized carbons (Fsp3) is 1.00. The van der Waals surface area contributed by atoms with E-state index in [4.69, 9.17) is 0 Å². The monoisotopic (exact) mass is 286 g/mol. The molecule has 0 fully saturated rings. The van der Waals surface area contributed by atoms with Crippen LogP contribution in [-0.4, -0.2) is 21.4 Å². The third-order valence-corrected chi connectivity index (χ3v) is 5.22. The number of aliphatic hydroxyl groups is 2.